The number of nitrogens with zero attached hydrogens (tertiary/aromatic N) is 3. The van der Waals surface area contributed by atoms with Crippen molar-refractivity contribution in [1.29, 1.82) is 0 Å². The molecule has 0 atom stereocenters. The summed E-state index contributed by atoms with van der Waals surface area (Å²) >= 11 is 0. The Hall–Kier alpha value is -1.97. The van der Waals surface area contributed by atoms with Gasteiger partial charge in [0.1, 0.15) is 11.0 Å². The van der Waals surface area contributed by atoms with Gasteiger partial charge >= 0.3 is 0 Å². The lowest BCUT2D eigenvalue weighted by atomic mass is 10.2. The molecule has 13 heavy (non-hydrogen) atoms. The SMILES string of the molecule is c1cnc2c(c1)ccc1nnoc12. The normalized spacial score (nSPS) is 11.1. The van der Waals surface area contributed by atoms with Crippen LogP contribution in [-0.2, 0) is 0 Å². The fourth-order valence-electron chi connectivity index (χ4n) is 1.38. The van der Waals surface area contributed by atoms with E-state index in [1.54, 1.807) is 6.20 Å². The van der Waals surface area contributed by atoms with E-state index in [9.17, 15) is 0 Å². The van der Waals surface area contributed by atoms with Crippen molar-refractivity contribution in [2.45, 2.75) is 0 Å². The van der Waals surface area contributed by atoms with Crippen molar-refractivity contribution in [3.8, 4) is 0 Å². The van der Waals surface area contributed by atoms with Gasteiger partial charge in [0.2, 0.25) is 5.58 Å². The van der Waals surface area contributed by atoms with Crippen LogP contribution in [0.4, 0.5) is 0 Å². The highest BCUT2D eigenvalue weighted by molar-refractivity contribution is 5.99. The molecule has 0 saturated carbocycles. The molecule has 4 heteroatoms. The van der Waals surface area contributed by atoms with Crippen LogP contribution in [-0.4, -0.2) is 15.4 Å². The monoisotopic (exact) mass is 171 g/mol. The van der Waals surface area contributed by atoms with E-state index in [1.807, 2.05) is 24.3 Å². The van der Waals surface area contributed by atoms with Crippen molar-refractivity contribution in [3.63, 3.8) is 0 Å². The second kappa shape index (κ2) is 2.26. The van der Waals surface area contributed by atoms with E-state index in [-0.39, 0.29) is 0 Å². The molecule has 0 amide bonds. The van der Waals surface area contributed by atoms with Gasteiger partial charge in [0.15, 0.2) is 0 Å². The summed E-state index contributed by atoms with van der Waals surface area (Å²) in [6, 6.07) is 7.69. The minimum Gasteiger partial charge on any atom is -0.335 e. The predicted molar refractivity (Wildman–Crippen MR) is 47.1 cm³/mol. The lowest BCUT2D eigenvalue weighted by molar-refractivity contribution is 0.425. The molecule has 2 heterocycles. The smallest absolute Gasteiger partial charge is 0.213 e. The van der Waals surface area contributed by atoms with Gasteiger partial charge < -0.3 is 4.52 Å². The molecule has 0 fully saturated rings. The molecule has 0 saturated heterocycles. The van der Waals surface area contributed by atoms with Crippen LogP contribution in [0.5, 0.6) is 0 Å². The van der Waals surface area contributed by atoms with Gasteiger partial charge in [-0.25, -0.2) is 0 Å². The third kappa shape index (κ3) is 0.823. The molecular weight excluding hydrogens is 166 g/mol. The van der Waals surface area contributed by atoms with Crippen molar-refractivity contribution < 1.29 is 4.52 Å². The number of rotatable bonds is 0. The first-order valence-electron chi connectivity index (χ1n) is 3.91. The van der Waals surface area contributed by atoms with E-state index in [1.165, 1.54) is 0 Å². The van der Waals surface area contributed by atoms with Crippen LogP contribution in [0, 0.1) is 0 Å². The van der Waals surface area contributed by atoms with E-state index in [4.69, 9.17) is 4.52 Å². The zero-order chi connectivity index (χ0) is 8.67. The second-order valence-corrected chi connectivity index (χ2v) is 2.76. The van der Waals surface area contributed by atoms with Gasteiger partial charge in [0.05, 0.1) is 0 Å². The molecule has 0 unspecified atom stereocenters. The third-order valence-corrected chi connectivity index (χ3v) is 1.99. The fraction of sp³-hybridized carbons (Fsp3) is 0. The minimum atomic E-state index is 0.651. The fourth-order valence-corrected chi connectivity index (χ4v) is 1.38. The zero-order valence-corrected chi connectivity index (χ0v) is 6.64. The topological polar surface area (TPSA) is 51.8 Å². The number of benzene rings is 1. The van der Waals surface area contributed by atoms with E-state index < -0.39 is 0 Å². The zero-order valence-electron chi connectivity index (χ0n) is 6.64. The van der Waals surface area contributed by atoms with E-state index in [0.717, 1.165) is 16.4 Å². The van der Waals surface area contributed by atoms with Gasteiger partial charge in [-0.1, -0.05) is 12.1 Å². The van der Waals surface area contributed by atoms with E-state index >= 15 is 0 Å². The summed E-state index contributed by atoms with van der Waals surface area (Å²) in [6.45, 7) is 0. The van der Waals surface area contributed by atoms with E-state index in [2.05, 4.69) is 15.4 Å². The van der Waals surface area contributed by atoms with Crippen LogP contribution in [0.25, 0.3) is 22.0 Å². The predicted octanol–water partition coefficient (Wildman–Crippen LogP) is 1.77. The summed E-state index contributed by atoms with van der Waals surface area (Å²) in [5.41, 5.74) is 2.20. The maximum atomic E-state index is 5.01. The average Bonchev–Trinajstić information content (AvgIpc) is 2.65. The first-order chi connectivity index (χ1) is 6.45. The van der Waals surface area contributed by atoms with Crippen molar-refractivity contribution in [2.24, 2.45) is 0 Å². The molecule has 0 N–H and O–H groups in total. The average molecular weight is 171 g/mol. The largest absolute Gasteiger partial charge is 0.335 e. The van der Waals surface area contributed by atoms with Gasteiger partial charge in [0.25, 0.3) is 0 Å². The van der Waals surface area contributed by atoms with Crippen LogP contribution >= 0.6 is 0 Å². The molecule has 3 rings (SSSR count). The first kappa shape index (κ1) is 6.54. The highest BCUT2D eigenvalue weighted by Crippen LogP contribution is 2.20. The quantitative estimate of drug-likeness (QED) is 0.517. The Kier molecular flexibility index (Phi) is 1.14. The lowest BCUT2D eigenvalue weighted by Gasteiger charge is -1.93. The van der Waals surface area contributed by atoms with Crippen LogP contribution < -0.4 is 0 Å². The number of hydrogen-bond acceptors (Lipinski definition) is 4. The summed E-state index contributed by atoms with van der Waals surface area (Å²) in [5.74, 6) is 0. The maximum Gasteiger partial charge on any atom is 0.213 e. The molecular formula is C9H5N3O. The summed E-state index contributed by atoms with van der Waals surface area (Å²) < 4.78 is 5.01. The maximum absolute atomic E-state index is 5.01. The Bertz CT molecular complexity index is 573. The molecule has 0 bridgehead atoms. The molecule has 0 aliphatic rings. The molecule has 3 aromatic rings. The molecule has 0 aliphatic heterocycles. The van der Waals surface area contributed by atoms with Crippen LogP contribution in [0.3, 0.4) is 0 Å². The number of aromatic nitrogens is 3. The Morgan fingerprint density at radius 1 is 1.15 bits per heavy atom. The summed E-state index contributed by atoms with van der Waals surface area (Å²) in [7, 11) is 0. The van der Waals surface area contributed by atoms with Gasteiger partial charge in [-0.15, -0.1) is 5.10 Å². The van der Waals surface area contributed by atoms with Crippen LogP contribution in [0.1, 0.15) is 0 Å². The third-order valence-electron chi connectivity index (χ3n) is 1.99. The Balaban J connectivity index is 2.65. The molecule has 0 aliphatic carbocycles. The molecule has 62 valence electrons. The van der Waals surface area contributed by atoms with Crippen LogP contribution in [0.2, 0.25) is 0 Å². The highest BCUT2D eigenvalue weighted by atomic mass is 16.5. The molecule has 0 spiro atoms. The van der Waals surface area contributed by atoms with Crippen LogP contribution in [0.15, 0.2) is 35.0 Å². The summed E-state index contributed by atoms with van der Waals surface area (Å²) in [4.78, 5) is 4.21. The molecule has 2 aromatic heterocycles. The molecule has 4 nitrogen and oxygen atoms in total. The minimum absolute atomic E-state index is 0.651. The standard InChI is InChI=1S/C9H5N3O/c1-2-6-3-4-7-9(13-12-11-7)8(6)10-5-1/h1-5H. The van der Waals surface area contributed by atoms with Gasteiger partial charge in [0, 0.05) is 16.9 Å². The van der Waals surface area contributed by atoms with Gasteiger partial charge in [-0.2, -0.15) is 0 Å². The van der Waals surface area contributed by atoms with Gasteiger partial charge in [-0.05, 0) is 12.1 Å². The molecule has 0 radical (unpaired) electrons. The Morgan fingerprint density at radius 2 is 2.15 bits per heavy atom. The van der Waals surface area contributed by atoms with Crippen molar-refractivity contribution in [3.05, 3.63) is 30.5 Å². The number of pyridine rings is 1. The number of fused-ring (bicyclic) bond motifs is 3. The van der Waals surface area contributed by atoms with Crippen molar-refractivity contribution in [2.75, 3.05) is 0 Å². The first-order valence-corrected chi connectivity index (χ1v) is 3.91. The highest BCUT2D eigenvalue weighted by Gasteiger charge is 2.05. The lowest BCUT2D eigenvalue weighted by Crippen LogP contribution is -1.77. The van der Waals surface area contributed by atoms with Crippen molar-refractivity contribution >= 4 is 22.0 Å². The van der Waals surface area contributed by atoms with Crippen molar-refractivity contribution in [1.82, 2.24) is 15.4 Å². The second-order valence-electron chi connectivity index (χ2n) is 2.76. The Labute approximate surface area is 73.2 Å². The van der Waals surface area contributed by atoms with Gasteiger partial charge in [-0.3, -0.25) is 4.98 Å². The molecule has 1 aromatic carbocycles. The number of hydrogen-bond donors (Lipinski definition) is 0. The summed E-state index contributed by atoms with van der Waals surface area (Å²) in [5, 5.41) is 8.33. The summed E-state index contributed by atoms with van der Waals surface area (Å²) in [6.07, 6.45) is 1.73. The van der Waals surface area contributed by atoms with E-state index in [0.29, 0.717) is 5.58 Å². The Morgan fingerprint density at radius 3 is 3.15 bits per heavy atom.